The quantitative estimate of drug-likeness (QED) is 0.564. The van der Waals surface area contributed by atoms with Gasteiger partial charge in [-0.2, -0.15) is 0 Å². The Morgan fingerprint density at radius 2 is 1.96 bits per heavy atom. The summed E-state index contributed by atoms with van der Waals surface area (Å²) >= 11 is 0. The lowest BCUT2D eigenvalue weighted by Crippen LogP contribution is -2.54. The van der Waals surface area contributed by atoms with E-state index in [-0.39, 0.29) is 11.9 Å². The van der Waals surface area contributed by atoms with Gasteiger partial charge in [-0.3, -0.25) is 14.4 Å². The Kier molecular flexibility index (Phi) is 6.31. The Morgan fingerprint density at radius 1 is 1.25 bits per heavy atom. The molecule has 0 bridgehead atoms. The van der Waals surface area contributed by atoms with Gasteiger partial charge in [-0.25, -0.2) is 0 Å². The number of benzene rings is 1. The van der Waals surface area contributed by atoms with Gasteiger partial charge in [0, 0.05) is 6.42 Å². The van der Waals surface area contributed by atoms with Crippen LogP contribution in [0.3, 0.4) is 0 Å². The van der Waals surface area contributed by atoms with Crippen molar-refractivity contribution in [1.29, 1.82) is 0 Å². The van der Waals surface area contributed by atoms with E-state index in [2.05, 4.69) is 16.0 Å². The molecule has 1 aliphatic rings. The summed E-state index contributed by atoms with van der Waals surface area (Å²) in [5, 5.41) is 17.2. The van der Waals surface area contributed by atoms with Crippen molar-refractivity contribution in [2.24, 2.45) is 0 Å². The van der Waals surface area contributed by atoms with Gasteiger partial charge in [0.05, 0.1) is 6.04 Å². The predicted octanol–water partition coefficient (Wildman–Crippen LogP) is 0.0552. The molecule has 3 unspecified atom stereocenters. The molecule has 0 spiro atoms. The third-order valence-corrected chi connectivity index (χ3v) is 4.02. The molecule has 1 heterocycles. The summed E-state index contributed by atoms with van der Waals surface area (Å²) in [6, 6.07) is 7.16. The standard InChI is InChI=1S/C17H23N3O4/c1-11(17(23)24)19-16(22)14(10-12-6-3-2-4-7-12)20-15(21)13-8-5-9-18-13/h2-4,6-7,11,13-14,18H,5,8-10H2,1H3,(H,19,22)(H,20,21)(H,23,24). The zero-order valence-electron chi connectivity index (χ0n) is 13.6. The average Bonchev–Trinajstić information content (AvgIpc) is 3.09. The molecule has 1 aromatic carbocycles. The van der Waals surface area contributed by atoms with Gasteiger partial charge < -0.3 is 21.1 Å². The highest BCUT2D eigenvalue weighted by molar-refractivity contribution is 5.92. The summed E-state index contributed by atoms with van der Waals surface area (Å²) in [5.41, 5.74) is 0.889. The van der Waals surface area contributed by atoms with Crippen molar-refractivity contribution in [3.8, 4) is 0 Å². The molecular formula is C17H23N3O4. The Bertz CT molecular complexity index is 585. The molecule has 0 saturated carbocycles. The molecule has 0 aromatic heterocycles. The van der Waals surface area contributed by atoms with Crippen LogP contribution in [0.1, 0.15) is 25.3 Å². The maximum atomic E-state index is 12.4. The highest BCUT2D eigenvalue weighted by Gasteiger charge is 2.28. The zero-order chi connectivity index (χ0) is 17.5. The normalized spacial score (nSPS) is 19.3. The van der Waals surface area contributed by atoms with Gasteiger partial charge in [-0.05, 0) is 31.9 Å². The minimum Gasteiger partial charge on any atom is -0.480 e. The minimum atomic E-state index is -1.12. The molecule has 1 fully saturated rings. The van der Waals surface area contributed by atoms with Crippen LogP contribution in [0.2, 0.25) is 0 Å². The van der Waals surface area contributed by atoms with Gasteiger partial charge in [0.1, 0.15) is 12.1 Å². The number of carbonyl (C=O) groups excluding carboxylic acids is 2. The van der Waals surface area contributed by atoms with Gasteiger partial charge in [0.25, 0.3) is 0 Å². The van der Waals surface area contributed by atoms with Gasteiger partial charge in [0.2, 0.25) is 11.8 Å². The number of carbonyl (C=O) groups is 3. The van der Waals surface area contributed by atoms with E-state index in [1.54, 1.807) is 0 Å². The van der Waals surface area contributed by atoms with E-state index in [0.717, 1.165) is 24.9 Å². The average molecular weight is 333 g/mol. The van der Waals surface area contributed by atoms with Gasteiger partial charge >= 0.3 is 5.97 Å². The second kappa shape index (κ2) is 8.44. The lowest BCUT2D eigenvalue weighted by atomic mass is 10.0. The monoisotopic (exact) mass is 333 g/mol. The van der Waals surface area contributed by atoms with E-state index < -0.39 is 24.0 Å². The molecule has 7 nitrogen and oxygen atoms in total. The molecule has 1 aliphatic heterocycles. The van der Waals surface area contributed by atoms with Gasteiger partial charge in [-0.1, -0.05) is 30.3 Å². The molecule has 1 aromatic rings. The van der Waals surface area contributed by atoms with Crippen LogP contribution in [0.4, 0.5) is 0 Å². The molecular weight excluding hydrogens is 310 g/mol. The first-order chi connectivity index (χ1) is 11.5. The molecule has 7 heteroatoms. The fraction of sp³-hybridized carbons (Fsp3) is 0.471. The maximum absolute atomic E-state index is 12.4. The SMILES string of the molecule is CC(NC(=O)C(Cc1ccccc1)NC(=O)C1CCCN1)C(=O)O. The molecule has 2 rings (SSSR count). The summed E-state index contributed by atoms with van der Waals surface area (Å²) in [4.78, 5) is 35.6. The molecule has 0 aliphatic carbocycles. The minimum absolute atomic E-state index is 0.230. The molecule has 24 heavy (non-hydrogen) atoms. The molecule has 130 valence electrons. The summed E-state index contributed by atoms with van der Waals surface area (Å²) < 4.78 is 0. The number of aliphatic carboxylic acids is 1. The highest BCUT2D eigenvalue weighted by atomic mass is 16.4. The van der Waals surface area contributed by atoms with E-state index in [1.165, 1.54) is 6.92 Å². The van der Waals surface area contributed by atoms with E-state index in [9.17, 15) is 14.4 Å². The largest absolute Gasteiger partial charge is 0.480 e. The number of nitrogens with one attached hydrogen (secondary N) is 3. The lowest BCUT2D eigenvalue weighted by Gasteiger charge is -2.22. The van der Waals surface area contributed by atoms with Crippen molar-refractivity contribution in [2.45, 2.75) is 44.3 Å². The summed E-state index contributed by atoms with van der Waals surface area (Å²) in [6.07, 6.45) is 1.96. The molecule has 2 amide bonds. The second-order valence-corrected chi connectivity index (χ2v) is 5.97. The molecule has 3 atom stereocenters. The van der Waals surface area contributed by atoms with Crippen molar-refractivity contribution in [1.82, 2.24) is 16.0 Å². The van der Waals surface area contributed by atoms with Crippen LogP contribution < -0.4 is 16.0 Å². The first-order valence-corrected chi connectivity index (χ1v) is 8.08. The van der Waals surface area contributed by atoms with E-state index in [0.29, 0.717) is 6.42 Å². The van der Waals surface area contributed by atoms with Crippen LogP contribution in [-0.2, 0) is 20.8 Å². The number of hydrogen-bond donors (Lipinski definition) is 4. The van der Waals surface area contributed by atoms with Crippen molar-refractivity contribution >= 4 is 17.8 Å². The number of amides is 2. The van der Waals surface area contributed by atoms with Crippen molar-refractivity contribution in [3.05, 3.63) is 35.9 Å². The third kappa shape index (κ3) is 5.06. The lowest BCUT2D eigenvalue weighted by molar-refractivity contribution is -0.141. The van der Waals surface area contributed by atoms with Crippen LogP contribution in [-0.4, -0.2) is 47.6 Å². The predicted molar refractivity (Wildman–Crippen MR) is 88.3 cm³/mol. The topological polar surface area (TPSA) is 108 Å². The molecule has 1 saturated heterocycles. The fourth-order valence-electron chi connectivity index (χ4n) is 2.62. The van der Waals surface area contributed by atoms with E-state index >= 15 is 0 Å². The molecule has 4 N–H and O–H groups in total. The van der Waals surface area contributed by atoms with Crippen LogP contribution in [0.5, 0.6) is 0 Å². The Labute approximate surface area is 140 Å². The molecule has 0 radical (unpaired) electrons. The van der Waals surface area contributed by atoms with Crippen molar-refractivity contribution in [2.75, 3.05) is 6.54 Å². The third-order valence-electron chi connectivity index (χ3n) is 4.02. The van der Waals surface area contributed by atoms with Crippen LogP contribution in [0.15, 0.2) is 30.3 Å². The maximum Gasteiger partial charge on any atom is 0.325 e. The first-order valence-electron chi connectivity index (χ1n) is 8.08. The Balaban J connectivity index is 2.06. The first kappa shape index (κ1) is 17.9. The van der Waals surface area contributed by atoms with E-state index in [4.69, 9.17) is 5.11 Å². The number of hydrogen-bond acceptors (Lipinski definition) is 4. The smallest absolute Gasteiger partial charge is 0.325 e. The Morgan fingerprint density at radius 3 is 2.54 bits per heavy atom. The van der Waals surface area contributed by atoms with Crippen molar-refractivity contribution < 1.29 is 19.5 Å². The van der Waals surface area contributed by atoms with Gasteiger partial charge in [-0.15, -0.1) is 0 Å². The summed E-state index contributed by atoms with van der Waals surface area (Å²) in [5.74, 6) is -1.85. The Hall–Kier alpha value is -2.41. The summed E-state index contributed by atoms with van der Waals surface area (Å²) in [6.45, 7) is 2.17. The highest BCUT2D eigenvalue weighted by Crippen LogP contribution is 2.08. The van der Waals surface area contributed by atoms with Crippen LogP contribution >= 0.6 is 0 Å². The van der Waals surface area contributed by atoms with E-state index in [1.807, 2.05) is 30.3 Å². The van der Waals surface area contributed by atoms with Crippen LogP contribution in [0, 0.1) is 0 Å². The number of carboxylic acids is 1. The fourth-order valence-corrected chi connectivity index (χ4v) is 2.62. The van der Waals surface area contributed by atoms with Crippen molar-refractivity contribution in [3.63, 3.8) is 0 Å². The van der Waals surface area contributed by atoms with Crippen LogP contribution in [0.25, 0.3) is 0 Å². The number of rotatable bonds is 7. The summed E-state index contributed by atoms with van der Waals surface area (Å²) in [7, 11) is 0. The zero-order valence-corrected chi connectivity index (χ0v) is 13.6. The number of carboxylic acid groups (broad SMARTS) is 1. The van der Waals surface area contributed by atoms with Gasteiger partial charge in [0.15, 0.2) is 0 Å². The second-order valence-electron chi connectivity index (χ2n) is 5.97.